The summed E-state index contributed by atoms with van der Waals surface area (Å²) in [6.07, 6.45) is 5.47. The molecule has 0 aromatic carbocycles. The highest BCUT2D eigenvalue weighted by atomic mass is 16.3. The van der Waals surface area contributed by atoms with Crippen molar-refractivity contribution in [2.24, 2.45) is 11.7 Å². The van der Waals surface area contributed by atoms with E-state index in [0.29, 0.717) is 12.5 Å². The standard InChI is InChI=1S/C15H24N2O2/c1-11-5-4-7-15(16,9-11)14(18)17(3)10-13-6-8-19-12(13)2/h6,8,11H,4-5,7,9-10,16H2,1-3H3. The molecule has 1 aromatic rings. The van der Waals surface area contributed by atoms with Gasteiger partial charge in [0, 0.05) is 19.2 Å². The molecule has 1 fully saturated rings. The van der Waals surface area contributed by atoms with Crippen molar-refractivity contribution in [2.75, 3.05) is 7.05 Å². The summed E-state index contributed by atoms with van der Waals surface area (Å²) in [6, 6.07) is 1.91. The van der Waals surface area contributed by atoms with Gasteiger partial charge in [0.05, 0.1) is 11.8 Å². The predicted molar refractivity (Wildman–Crippen MR) is 74.5 cm³/mol. The predicted octanol–water partition coefficient (Wildman–Crippen LogP) is 2.45. The van der Waals surface area contributed by atoms with E-state index >= 15 is 0 Å². The number of hydrogen-bond donors (Lipinski definition) is 1. The van der Waals surface area contributed by atoms with Crippen LogP contribution in [0.4, 0.5) is 0 Å². The zero-order chi connectivity index (χ0) is 14.0. The number of nitrogens with zero attached hydrogens (tertiary/aromatic N) is 1. The SMILES string of the molecule is Cc1occc1CN(C)C(=O)C1(N)CCCC(C)C1. The van der Waals surface area contributed by atoms with Crippen molar-refractivity contribution in [1.29, 1.82) is 0 Å². The largest absolute Gasteiger partial charge is 0.469 e. The van der Waals surface area contributed by atoms with E-state index in [0.717, 1.165) is 30.6 Å². The first kappa shape index (κ1) is 14.1. The third-order valence-corrected chi connectivity index (χ3v) is 4.18. The molecule has 1 amide bonds. The monoisotopic (exact) mass is 264 g/mol. The van der Waals surface area contributed by atoms with E-state index in [2.05, 4.69) is 6.92 Å². The van der Waals surface area contributed by atoms with Crippen LogP contribution in [0, 0.1) is 12.8 Å². The summed E-state index contributed by atoms with van der Waals surface area (Å²) in [5, 5.41) is 0. The number of hydrogen-bond acceptors (Lipinski definition) is 3. The Morgan fingerprint density at radius 1 is 1.63 bits per heavy atom. The van der Waals surface area contributed by atoms with Gasteiger partial charge in [-0.15, -0.1) is 0 Å². The van der Waals surface area contributed by atoms with Gasteiger partial charge in [-0.05, 0) is 31.7 Å². The van der Waals surface area contributed by atoms with Crippen LogP contribution < -0.4 is 5.73 Å². The van der Waals surface area contributed by atoms with Crippen molar-refractivity contribution in [2.45, 2.75) is 51.6 Å². The Balaban J connectivity index is 2.04. The fraction of sp³-hybridized carbons (Fsp3) is 0.667. The molecule has 2 N–H and O–H groups in total. The first-order valence-electron chi connectivity index (χ1n) is 7.00. The molecule has 0 saturated heterocycles. The van der Waals surface area contributed by atoms with E-state index in [1.807, 2.05) is 20.0 Å². The Bertz CT molecular complexity index is 455. The third-order valence-electron chi connectivity index (χ3n) is 4.18. The Morgan fingerprint density at radius 3 is 2.95 bits per heavy atom. The zero-order valence-corrected chi connectivity index (χ0v) is 12.1. The van der Waals surface area contributed by atoms with Gasteiger partial charge in [-0.1, -0.05) is 19.8 Å². The second kappa shape index (κ2) is 5.37. The Morgan fingerprint density at radius 2 is 2.37 bits per heavy atom. The number of amides is 1. The Kier molecular flexibility index (Phi) is 3.99. The van der Waals surface area contributed by atoms with Gasteiger partial charge in [0.25, 0.3) is 0 Å². The van der Waals surface area contributed by atoms with Crippen LogP contribution in [-0.2, 0) is 11.3 Å². The molecule has 106 valence electrons. The highest BCUT2D eigenvalue weighted by Gasteiger charge is 2.39. The van der Waals surface area contributed by atoms with Gasteiger partial charge in [0.2, 0.25) is 5.91 Å². The highest BCUT2D eigenvalue weighted by Crippen LogP contribution is 2.32. The zero-order valence-electron chi connectivity index (χ0n) is 12.1. The fourth-order valence-corrected chi connectivity index (χ4v) is 3.07. The second-order valence-corrected chi connectivity index (χ2v) is 6.02. The minimum Gasteiger partial charge on any atom is -0.469 e. The molecule has 2 atom stereocenters. The summed E-state index contributed by atoms with van der Waals surface area (Å²) in [6.45, 7) is 4.65. The minimum absolute atomic E-state index is 0.0552. The van der Waals surface area contributed by atoms with Crippen molar-refractivity contribution < 1.29 is 9.21 Å². The maximum absolute atomic E-state index is 12.6. The second-order valence-electron chi connectivity index (χ2n) is 6.02. The average Bonchev–Trinajstić information content (AvgIpc) is 2.73. The lowest BCUT2D eigenvalue weighted by Gasteiger charge is -2.38. The van der Waals surface area contributed by atoms with Gasteiger partial charge in [0.1, 0.15) is 5.76 Å². The van der Waals surface area contributed by atoms with Crippen LogP contribution >= 0.6 is 0 Å². The smallest absolute Gasteiger partial charge is 0.242 e. The normalized spacial score (nSPS) is 27.3. The van der Waals surface area contributed by atoms with Crippen molar-refractivity contribution in [1.82, 2.24) is 4.90 Å². The number of carbonyl (C=O) groups is 1. The van der Waals surface area contributed by atoms with Crippen LogP contribution in [0.3, 0.4) is 0 Å². The summed E-state index contributed by atoms with van der Waals surface area (Å²) >= 11 is 0. The third kappa shape index (κ3) is 3.00. The van der Waals surface area contributed by atoms with Gasteiger partial charge < -0.3 is 15.1 Å². The lowest BCUT2D eigenvalue weighted by Crippen LogP contribution is -2.56. The van der Waals surface area contributed by atoms with Gasteiger partial charge in [-0.2, -0.15) is 0 Å². The lowest BCUT2D eigenvalue weighted by atomic mass is 9.76. The van der Waals surface area contributed by atoms with Gasteiger partial charge in [-0.25, -0.2) is 0 Å². The number of nitrogens with two attached hydrogens (primary N) is 1. The highest BCUT2D eigenvalue weighted by molar-refractivity contribution is 5.86. The lowest BCUT2D eigenvalue weighted by molar-refractivity contribution is -0.138. The molecule has 0 spiro atoms. The fourth-order valence-electron chi connectivity index (χ4n) is 3.07. The molecule has 4 heteroatoms. The molecule has 1 saturated carbocycles. The Hall–Kier alpha value is -1.29. The van der Waals surface area contributed by atoms with Crippen LogP contribution in [0.5, 0.6) is 0 Å². The molecule has 1 aliphatic carbocycles. The van der Waals surface area contributed by atoms with Crippen LogP contribution in [0.2, 0.25) is 0 Å². The van der Waals surface area contributed by atoms with Crippen LogP contribution in [-0.4, -0.2) is 23.4 Å². The van der Waals surface area contributed by atoms with Crippen LogP contribution in [0.25, 0.3) is 0 Å². The van der Waals surface area contributed by atoms with E-state index in [4.69, 9.17) is 10.2 Å². The molecular weight excluding hydrogens is 240 g/mol. The van der Waals surface area contributed by atoms with Gasteiger partial charge in [-0.3, -0.25) is 4.79 Å². The van der Waals surface area contributed by atoms with Crippen molar-refractivity contribution in [3.05, 3.63) is 23.7 Å². The first-order chi connectivity index (χ1) is 8.92. The summed E-state index contributed by atoms with van der Waals surface area (Å²) < 4.78 is 5.26. The molecule has 2 rings (SSSR count). The molecule has 0 aliphatic heterocycles. The first-order valence-corrected chi connectivity index (χ1v) is 7.00. The molecular formula is C15H24N2O2. The van der Waals surface area contributed by atoms with E-state index in [1.54, 1.807) is 11.2 Å². The maximum atomic E-state index is 12.6. The quantitative estimate of drug-likeness (QED) is 0.912. The number of carbonyl (C=O) groups excluding carboxylic acids is 1. The van der Waals surface area contributed by atoms with Crippen molar-refractivity contribution in [3.63, 3.8) is 0 Å². The Labute approximate surface area is 114 Å². The number of furan rings is 1. The van der Waals surface area contributed by atoms with E-state index in [-0.39, 0.29) is 5.91 Å². The molecule has 1 heterocycles. The van der Waals surface area contributed by atoms with Crippen molar-refractivity contribution >= 4 is 5.91 Å². The summed E-state index contributed by atoms with van der Waals surface area (Å²) in [7, 11) is 1.82. The summed E-state index contributed by atoms with van der Waals surface area (Å²) in [5.41, 5.74) is 6.71. The molecule has 2 unspecified atom stereocenters. The molecule has 0 radical (unpaired) electrons. The topological polar surface area (TPSA) is 59.5 Å². The molecule has 1 aromatic heterocycles. The van der Waals surface area contributed by atoms with Crippen LogP contribution in [0.15, 0.2) is 16.7 Å². The van der Waals surface area contributed by atoms with Crippen molar-refractivity contribution in [3.8, 4) is 0 Å². The summed E-state index contributed by atoms with van der Waals surface area (Å²) in [4.78, 5) is 14.3. The number of likely N-dealkylation sites (N-methyl/N-ethyl adjacent to an activating group) is 1. The van der Waals surface area contributed by atoms with E-state index in [1.165, 1.54) is 6.42 Å². The molecule has 4 nitrogen and oxygen atoms in total. The minimum atomic E-state index is -0.677. The van der Waals surface area contributed by atoms with Gasteiger partial charge >= 0.3 is 0 Å². The number of aryl methyl sites for hydroxylation is 1. The van der Waals surface area contributed by atoms with E-state index < -0.39 is 5.54 Å². The molecule has 0 bridgehead atoms. The maximum Gasteiger partial charge on any atom is 0.242 e. The van der Waals surface area contributed by atoms with Gasteiger partial charge in [0.15, 0.2) is 0 Å². The van der Waals surface area contributed by atoms with E-state index in [9.17, 15) is 4.79 Å². The summed E-state index contributed by atoms with van der Waals surface area (Å²) in [5.74, 6) is 1.45. The number of rotatable bonds is 3. The molecule has 1 aliphatic rings. The van der Waals surface area contributed by atoms with Crippen LogP contribution in [0.1, 0.15) is 43.9 Å². The molecule has 19 heavy (non-hydrogen) atoms. The average molecular weight is 264 g/mol.